The molecule has 0 unspecified atom stereocenters. The first-order valence-electron chi connectivity index (χ1n) is 7.05. The molecule has 0 amide bonds. The van der Waals surface area contributed by atoms with Gasteiger partial charge in [0.2, 0.25) is 0 Å². The number of anilines is 1. The van der Waals surface area contributed by atoms with Crippen LogP contribution < -0.4 is 5.32 Å². The molecule has 0 atom stereocenters. The molecule has 1 N–H and O–H groups in total. The molecule has 3 rings (SSSR count). The minimum Gasteiger partial charge on any atom is -0.359 e. The van der Waals surface area contributed by atoms with Crippen LogP contribution in [0.3, 0.4) is 0 Å². The lowest BCUT2D eigenvalue weighted by atomic mass is 10.0. The minimum absolute atomic E-state index is 0.155. The summed E-state index contributed by atoms with van der Waals surface area (Å²) < 4.78 is 13.6. The van der Waals surface area contributed by atoms with Gasteiger partial charge >= 0.3 is 0 Å². The summed E-state index contributed by atoms with van der Waals surface area (Å²) in [6, 6.07) is 17.6. The van der Waals surface area contributed by atoms with Crippen LogP contribution in [0, 0.1) is 5.82 Å². The second kappa shape index (κ2) is 6.63. The maximum atomic E-state index is 13.6. The lowest BCUT2D eigenvalue weighted by Crippen LogP contribution is -1.97. The van der Waals surface area contributed by atoms with Crippen LogP contribution in [0.15, 0.2) is 72.9 Å². The van der Waals surface area contributed by atoms with E-state index in [2.05, 4.69) is 5.32 Å². The largest absolute Gasteiger partial charge is 0.359 e. The summed E-state index contributed by atoms with van der Waals surface area (Å²) in [5.41, 5.74) is 0.843. The van der Waals surface area contributed by atoms with Crippen molar-refractivity contribution in [1.82, 2.24) is 0 Å². The summed E-state index contributed by atoms with van der Waals surface area (Å²) in [7, 11) is 0. The molecule has 2 nitrogen and oxygen atoms in total. The summed E-state index contributed by atoms with van der Waals surface area (Å²) in [6.45, 7) is 0. The van der Waals surface area contributed by atoms with Crippen LogP contribution in [0.25, 0.3) is 10.8 Å². The lowest BCUT2D eigenvalue weighted by Gasteiger charge is -2.03. The molecule has 0 aromatic heterocycles. The zero-order valence-corrected chi connectivity index (χ0v) is 12.8. The predicted molar refractivity (Wildman–Crippen MR) is 92.5 cm³/mol. The van der Waals surface area contributed by atoms with E-state index < -0.39 is 5.82 Å². The molecule has 0 radical (unpaired) electrons. The van der Waals surface area contributed by atoms with Crippen LogP contribution in [-0.4, -0.2) is 5.78 Å². The quantitative estimate of drug-likeness (QED) is 0.511. The highest BCUT2D eigenvalue weighted by atomic mass is 35.5. The van der Waals surface area contributed by atoms with E-state index in [1.165, 1.54) is 24.4 Å². The van der Waals surface area contributed by atoms with Crippen LogP contribution in [0.4, 0.5) is 10.1 Å². The predicted octanol–water partition coefficient (Wildman–Crippen LogP) is 5.44. The maximum Gasteiger partial charge on any atom is 0.187 e. The Labute approximate surface area is 138 Å². The van der Waals surface area contributed by atoms with Gasteiger partial charge in [0.25, 0.3) is 0 Å². The normalized spacial score (nSPS) is 11.0. The minimum atomic E-state index is -0.472. The van der Waals surface area contributed by atoms with E-state index in [1.807, 2.05) is 36.4 Å². The van der Waals surface area contributed by atoms with Crippen LogP contribution in [0.2, 0.25) is 5.02 Å². The number of hydrogen-bond acceptors (Lipinski definition) is 2. The lowest BCUT2D eigenvalue weighted by molar-refractivity contribution is 0.104. The van der Waals surface area contributed by atoms with Gasteiger partial charge in [-0.1, -0.05) is 48.0 Å². The molecular weight excluding hydrogens is 313 g/mol. The third kappa shape index (κ3) is 3.58. The second-order valence-corrected chi connectivity index (χ2v) is 5.46. The molecule has 114 valence electrons. The van der Waals surface area contributed by atoms with Gasteiger partial charge < -0.3 is 5.32 Å². The van der Waals surface area contributed by atoms with E-state index in [-0.39, 0.29) is 11.5 Å². The van der Waals surface area contributed by atoms with E-state index in [4.69, 9.17) is 11.6 Å². The highest BCUT2D eigenvalue weighted by Gasteiger charge is 2.04. The molecule has 0 saturated carbocycles. The van der Waals surface area contributed by atoms with Crippen molar-refractivity contribution >= 4 is 33.8 Å². The van der Waals surface area contributed by atoms with E-state index in [1.54, 1.807) is 12.1 Å². The van der Waals surface area contributed by atoms with Crippen molar-refractivity contribution in [2.75, 3.05) is 5.32 Å². The standard InChI is InChI=1S/C19H13ClFNO/c20-16-7-8-18(17(21)12-16)22-10-9-19(23)15-6-5-13-3-1-2-4-14(13)11-15/h1-12,22H/b10-9-. The second-order valence-electron chi connectivity index (χ2n) is 5.03. The Bertz CT molecular complexity index is 905. The number of halogens is 2. The van der Waals surface area contributed by atoms with Crippen LogP contribution in [0.1, 0.15) is 10.4 Å². The number of fused-ring (bicyclic) bond motifs is 1. The Morgan fingerprint density at radius 1 is 1.00 bits per heavy atom. The molecular formula is C19H13ClFNO. The SMILES string of the molecule is O=C(/C=C\Nc1ccc(Cl)cc1F)c1ccc2ccccc2c1. The van der Waals surface area contributed by atoms with E-state index in [0.29, 0.717) is 10.6 Å². The van der Waals surface area contributed by atoms with Gasteiger partial charge in [-0.3, -0.25) is 4.79 Å². The number of benzene rings is 3. The molecule has 3 aromatic carbocycles. The van der Waals surface area contributed by atoms with Gasteiger partial charge in [0.1, 0.15) is 5.82 Å². The van der Waals surface area contributed by atoms with Crippen molar-refractivity contribution in [3.63, 3.8) is 0 Å². The summed E-state index contributed by atoms with van der Waals surface area (Å²) in [4.78, 5) is 12.2. The summed E-state index contributed by atoms with van der Waals surface area (Å²) in [6.07, 6.45) is 2.79. The topological polar surface area (TPSA) is 29.1 Å². The van der Waals surface area contributed by atoms with Crippen molar-refractivity contribution < 1.29 is 9.18 Å². The van der Waals surface area contributed by atoms with Gasteiger partial charge in [-0.15, -0.1) is 0 Å². The molecule has 3 aromatic rings. The number of rotatable bonds is 4. The number of nitrogens with one attached hydrogen (secondary N) is 1. The van der Waals surface area contributed by atoms with Crippen molar-refractivity contribution in [2.45, 2.75) is 0 Å². The number of ketones is 1. The smallest absolute Gasteiger partial charge is 0.187 e. The first-order chi connectivity index (χ1) is 11.1. The fraction of sp³-hybridized carbons (Fsp3) is 0. The van der Waals surface area contributed by atoms with Gasteiger partial charge in [-0.25, -0.2) is 4.39 Å². The molecule has 0 aliphatic carbocycles. The summed E-state index contributed by atoms with van der Waals surface area (Å²) in [5, 5.41) is 5.15. The van der Waals surface area contributed by atoms with Gasteiger partial charge in [-0.2, -0.15) is 0 Å². The van der Waals surface area contributed by atoms with Crippen LogP contribution in [-0.2, 0) is 0 Å². The van der Waals surface area contributed by atoms with Gasteiger partial charge in [0.15, 0.2) is 5.78 Å². The molecule has 0 saturated heterocycles. The summed E-state index contributed by atoms with van der Waals surface area (Å²) >= 11 is 5.69. The van der Waals surface area contributed by atoms with Gasteiger partial charge in [-0.05, 0) is 35.0 Å². The first-order valence-corrected chi connectivity index (χ1v) is 7.42. The van der Waals surface area contributed by atoms with Gasteiger partial charge in [0, 0.05) is 22.9 Å². The molecule has 0 heterocycles. The molecule has 0 aliphatic rings. The third-order valence-electron chi connectivity index (χ3n) is 3.44. The van der Waals surface area contributed by atoms with E-state index >= 15 is 0 Å². The molecule has 4 heteroatoms. The Kier molecular flexibility index (Phi) is 4.40. The molecule has 0 aliphatic heterocycles. The molecule has 0 spiro atoms. The fourth-order valence-electron chi connectivity index (χ4n) is 2.25. The zero-order valence-electron chi connectivity index (χ0n) is 12.1. The van der Waals surface area contributed by atoms with Crippen molar-refractivity contribution in [3.05, 3.63) is 89.3 Å². The number of carbonyl (C=O) groups excluding carboxylic acids is 1. The number of carbonyl (C=O) groups is 1. The van der Waals surface area contributed by atoms with Gasteiger partial charge in [0.05, 0.1) is 5.69 Å². The van der Waals surface area contributed by atoms with Crippen LogP contribution in [0.5, 0.6) is 0 Å². The Balaban J connectivity index is 1.74. The highest BCUT2D eigenvalue weighted by Crippen LogP contribution is 2.19. The Morgan fingerprint density at radius 2 is 1.78 bits per heavy atom. The monoisotopic (exact) mass is 325 g/mol. The fourth-order valence-corrected chi connectivity index (χ4v) is 2.41. The Morgan fingerprint density at radius 3 is 2.57 bits per heavy atom. The maximum absolute atomic E-state index is 13.6. The van der Waals surface area contributed by atoms with Crippen molar-refractivity contribution in [1.29, 1.82) is 0 Å². The molecule has 0 bridgehead atoms. The number of hydrogen-bond donors (Lipinski definition) is 1. The molecule has 0 fully saturated rings. The average molecular weight is 326 g/mol. The average Bonchev–Trinajstić information content (AvgIpc) is 2.56. The zero-order chi connectivity index (χ0) is 16.2. The first kappa shape index (κ1) is 15.3. The van der Waals surface area contributed by atoms with E-state index in [0.717, 1.165) is 10.8 Å². The summed E-state index contributed by atoms with van der Waals surface area (Å²) in [5.74, 6) is -0.627. The Hall–Kier alpha value is -2.65. The van der Waals surface area contributed by atoms with Crippen molar-refractivity contribution in [2.24, 2.45) is 0 Å². The van der Waals surface area contributed by atoms with E-state index in [9.17, 15) is 9.18 Å². The van der Waals surface area contributed by atoms with Crippen molar-refractivity contribution in [3.8, 4) is 0 Å². The van der Waals surface area contributed by atoms with Crippen LogP contribution >= 0.6 is 11.6 Å². The molecule has 23 heavy (non-hydrogen) atoms. The highest BCUT2D eigenvalue weighted by molar-refractivity contribution is 6.30. The number of allylic oxidation sites excluding steroid dienone is 1. The third-order valence-corrected chi connectivity index (χ3v) is 3.67.